The monoisotopic (exact) mass is 433 g/mol. The van der Waals surface area contributed by atoms with Gasteiger partial charge in [0.15, 0.2) is 5.75 Å². The minimum absolute atomic E-state index is 0.165. The van der Waals surface area contributed by atoms with E-state index in [4.69, 9.17) is 4.74 Å². The molecule has 7 heteroatoms. The van der Waals surface area contributed by atoms with Gasteiger partial charge in [0.25, 0.3) is 11.8 Å². The van der Waals surface area contributed by atoms with Crippen LogP contribution in [-0.2, 0) is 17.7 Å². The Morgan fingerprint density at radius 1 is 1.25 bits per heavy atom. The van der Waals surface area contributed by atoms with Crippen molar-refractivity contribution in [1.29, 1.82) is 0 Å². The Kier molecular flexibility index (Phi) is 5.84. The zero-order valence-corrected chi connectivity index (χ0v) is 18.8. The topological polar surface area (TPSA) is 83.0 Å². The van der Waals surface area contributed by atoms with Crippen molar-refractivity contribution in [2.45, 2.75) is 19.9 Å². The molecule has 2 aromatic carbocycles. The van der Waals surface area contributed by atoms with Gasteiger partial charge in [0.2, 0.25) is 0 Å². The zero-order valence-electron chi connectivity index (χ0n) is 18.8. The van der Waals surface area contributed by atoms with E-state index in [1.807, 2.05) is 13.0 Å². The first kappa shape index (κ1) is 21.8. The molecule has 1 aliphatic rings. The van der Waals surface area contributed by atoms with Gasteiger partial charge >= 0.3 is 0 Å². The van der Waals surface area contributed by atoms with Crippen molar-refractivity contribution in [3.05, 3.63) is 69.9 Å². The van der Waals surface area contributed by atoms with Crippen LogP contribution in [0.2, 0.25) is 0 Å². The molecule has 1 aromatic heterocycles. The van der Waals surface area contributed by atoms with E-state index >= 15 is 0 Å². The number of fused-ring (bicyclic) bond motifs is 2. The van der Waals surface area contributed by atoms with Crippen LogP contribution in [0.4, 0.5) is 0 Å². The van der Waals surface area contributed by atoms with Crippen LogP contribution >= 0.6 is 0 Å². The third-order valence-corrected chi connectivity index (χ3v) is 5.95. The van der Waals surface area contributed by atoms with Gasteiger partial charge in [-0.15, -0.1) is 0 Å². The molecule has 0 unspecified atom stereocenters. The number of carbonyl (C=O) groups excluding carboxylic acids is 2. The third kappa shape index (κ3) is 3.80. The van der Waals surface area contributed by atoms with Crippen LogP contribution in [-0.4, -0.2) is 66.1 Å². The molecule has 2 amide bonds. The second kappa shape index (κ2) is 8.59. The molecule has 0 spiro atoms. The number of carbonyl (C=O) groups is 2. The molecule has 0 saturated carbocycles. The minimum Gasteiger partial charge on any atom is -0.505 e. The number of methoxy groups -OCH3 is 1. The predicted molar refractivity (Wildman–Crippen MR) is 122 cm³/mol. The summed E-state index contributed by atoms with van der Waals surface area (Å²) in [6.45, 7) is 3.11. The Balaban J connectivity index is 1.88. The number of pyridine rings is 1. The first-order valence-electron chi connectivity index (χ1n) is 10.5. The van der Waals surface area contributed by atoms with Crippen molar-refractivity contribution >= 4 is 22.7 Å². The van der Waals surface area contributed by atoms with Gasteiger partial charge in [0, 0.05) is 51.4 Å². The lowest BCUT2D eigenvalue weighted by atomic mass is 9.94. The number of aromatic nitrogens is 1. The molecule has 3 aromatic rings. The minimum atomic E-state index is -0.307. The second-order valence-corrected chi connectivity index (χ2v) is 8.36. The predicted octanol–water partition coefficient (Wildman–Crippen LogP) is 3.14. The zero-order chi connectivity index (χ0) is 23.0. The molecule has 0 aliphatic carbocycles. The molecular weight excluding hydrogens is 406 g/mol. The van der Waals surface area contributed by atoms with Gasteiger partial charge < -0.3 is 19.6 Å². The molecule has 2 heterocycles. The van der Waals surface area contributed by atoms with E-state index in [2.05, 4.69) is 29.2 Å². The summed E-state index contributed by atoms with van der Waals surface area (Å²) in [4.78, 5) is 33.8. The Morgan fingerprint density at radius 3 is 2.66 bits per heavy atom. The van der Waals surface area contributed by atoms with Gasteiger partial charge in [0.1, 0.15) is 5.52 Å². The van der Waals surface area contributed by atoms with Crippen LogP contribution in [0.15, 0.2) is 36.5 Å². The number of phenols is 1. The number of ether oxygens (including phenoxy) is 1. The van der Waals surface area contributed by atoms with Gasteiger partial charge in [-0.25, -0.2) is 0 Å². The second-order valence-electron chi connectivity index (χ2n) is 8.36. The Labute approximate surface area is 187 Å². The van der Waals surface area contributed by atoms with Crippen LogP contribution in [0.5, 0.6) is 5.75 Å². The number of aromatic hydroxyl groups is 1. The first-order chi connectivity index (χ1) is 15.3. The number of aryl methyl sites for hydroxylation is 1. The maximum Gasteiger partial charge on any atom is 0.258 e. The maximum atomic E-state index is 13.5. The molecule has 1 aliphatic heterocycles. The summed E-state index contributed by atoms with van der Waals surface area (Å²) in [5.74, 6) is -0.693. The number of benzene rings is 2. The first-order valence-corrected chi connectivity index (χ1v) is 10.5. The van der Waals surface area contributed by atoms with Crippen molar-refractivity contribution in [2.75, 3.05) is 34.4 Å². The van der Waals surface area contributed by atoms with Gasteiger partial charge in [-0.1, -0.05) is 29.8 Å². The Morgan fingerprint density at radius 2 is 1.97 bits per heavy atom. The normalized spacial score (nSPS) is 13.0. The summed E-state index contributed by atoms with van der Waals surface area (Å²) in [6.07, 6.45) is 2.34. The van der Waals surface area contributed by atoms with Crippen molar-refractivity contribution in [1.82, 2.24) is 14.8 Å². The van der Waals surface area contributed by atoms with Gasteiger partial charge in [-0.05, 0) is 30.5 Å². The molecule has 0 atom stereocenters. The lowest BCUT2D eigenvalue weighted by Crippen LogP contribution is -2.31. The third-order valence-electron chi connectivity index (χ3n) is 5.95. The Bertz CT molecular complexity index is 1200. The van der Waals surface area contributed by atoms with Crippen molar-refractivity contribution in [3.63, 3.8) is 0 Å². The van der Waals surface area contributed by atoms with Crippen LogP contribution in [0.1, 0.15) is 43.0 Å². The van der Waals surface area contributed by atoms with Crippen molar-refractivity contribution in [2.24, 2.45) is 0 Å². The quantitative estimate of drug-likeness (QED) is 0.646. The molecular formula is C25H27N3O4. The SMILES string of the molecule is COCCN(C)C(=O)c1c2c(c(O)c3ncc(Cc4ccc(C)cc4)cc13)C(=O)N(C)C2. The summed E-state index contributed by atoms with van der Waals surface area (Å²) in [7, 11) is 4.95. The Hall–Kier alpha value is -3.45. The summed E-state index contributed by atoms with van der Waals surface area (Å²) in [5, 5.41) is 11.5. The smallest absolute Gasteiger partial charge is 0.258 e. The average molecular weight is 434 g/mol. The molecule has 166 valence electrons. The fourth-order valence-corrected chi connectivity index (χ4v) is 4.13. The number of hydrogen-bond donors (Lipinski definition) is 1. The lowest BCUT2D eigenvalue weighted by molar-refractivity contribution is 0.0742. The summed E-state index contributed by atoms with van der Waals surface area (Å²) in [6, 6.07) is 10.2. The van der Waals surface area contributed by atoms with E-state index < -0.39 is 0 Å². The lowest BCUT2D eigenvalue weighted by Gasteiger charge is -2.20. The highest BCUT2D eigenvalue weighted by molar-refractivity contribution is 6.15. The highest BCUT2D eigenvalue weighted by atomic mass is 16.5. The maximum absolute atomic E-state index is 13.5. The fraction of sp³-hybridized carbons (Fsp3) is 0.320. The fourth-order valence-electron chi connectivity index (χ4n) is 4.13. The van der Waals surface area contributed by atoms with Crippen LogP contribution in [0.25, 0.3) is 10.9 Å². The van der Waals surface area contributed by atoms with E-state index in [0.717, 1.165) is 11.1 Å². The van der Waals surface area contributed by atoms with E-state index in [0.29, 0.717) is 36.1 Å². The molecule has 0 fully saturated rings. The summed E-state index contributed by atoms with van der Waals surface area (Å²) in [5.41, 5.74) is 4.64. The number of hydrogen-bond acceptors (Lipinski definition) is 5. The van der Waals surface area contributed by atoms with Crippen molar-refractivity contribution < 1.29 is 19.4 Å². The molecule has 7 nitrogen and oxygen atoms in total. The summed E-state index contributed by atoms with van der Waals surface area (Å²) < 4.78 is 5.12. The molecule has 32 heavy (non-hydrogen) atoms. The average Bonchev–Trinajstić information content (AvgIpc) is 3.07. The van der Waals surface area contributed by atoms with Crippen LogP contribution < -0.4 is 0 Å². The van der Waals surface area contributed by atoms with Crippen LogP contribution in [0.3, 0.4) is 0 Å². The van der Waals surface area contributed by atoms with Gasteiger partial charge in [-0.3, -0.25) is 14.6 Å². The number of phenolic OH excluding ortho intramolecular Hbond substituents is 1. The number of nitrogens with zero attached hydrogens (tertiary/aromatic N) is 3. The van der Waals surface area contributed by atoms with Crippen molar-refractivity contribution in [3.8, 4) is 5.75 Å². The van der Waals surface area contributed by atoms with E-state index in [-0.39, 0.29) is 35.2 Å². The molecule has 0 radical (unpaired) electrons. The largest absolute Gasteiger partial charge is 0.505 e. The van der Waals surface area contributed by atoms with E-state index in [9.17, 15) is 14.7 Å². The standard InChI is InChI=1S/C25H27N3O4/c1-15-5-7-16(8-6-15)11-17-12-18-20(24(30)27(2)9-10-32-4)19-14-28(3)25(31)21(19)23(29)22(18)26-13-17/h5-8,12-13,29H,9-11,14H2,1-4H3. The van der Waals surface area contributed by atoms with E-state index in [1.165, 1.54) is 10.5 Å². The molecule has 4 rings (SSSR count). The summed E-state index contributed by atoms with van der Waals surface area (Å²) >= 11 is 0. The van der Waals surface area contributed by atoms with E-state index in [1.54, 1.807) is 32.3 Å². The van der Waals surface area contributed by atoms with Gasteiger partial charge in [0.05, 0.1) is 17.7 Å². The number of amides is 2. The number of rotatable bonds is 6. The van der Waals surface area contributed by atoms with Gasteiger partial charge in [-0.2, -0.15) is 0 Å². The molecule has 1 N–H and O–H groups in total. The molecule has 0 saturated heterocycles. The molecule has 0 bridgehead atoms. The highest BCUT2D eigenvalue weighted by Gasteiger charge is 2.35. The number of likely N-dealkylation sites (N-methyl/N-ethyl adjacent to an activating group) is 1. The highest BCUT2D eigenvalue weighted by Crippen LogP contribution is 2.40. The van der Waals surface area contributed by atoms with Crippen LogP contribution in [0, 0.1) is 6.92 Å².